The summed E-state index contributed by atoms with van der Waals surface area (Å²) >= 11 is 3.47. The van der Waals surface area contributed by atoms with Gasteiger partial charge < -0.3 is 15.4 Å². The number of methoxy groups -OCH3 is 1. The number of anilines is 4. The third-order valence-electron chi connectivity index (χ3n) is 3.66. The zero-order valence-corrected chi connectivity index (χ0v) is 15.9. The van der Waals surface area contributed by atoms with E-state index in [0.29, 0.717) is 11.8 Å². The Hall–Kier alpha value is -2.60. The number of aryl methyl sites for hydroxylation is 2. The van der Waals surface area contributed by atoms with Crippen molar-refractivity contribution in [1.29, 1.82) is 0 Å². The van der Waals surface area contributed by atoms with Crippen molar-refractivity contribution in [3.63, 3.8) is 0 Å². The minimum absolute atomic E-state index is 0.544. The van der Waals surface area contributed by atoms with Crippen LogP contribution in [0.3, 0.4) is 0 Å². The highest BCUT2D eigenvalue weighted by Gasteiger charge is 2.07. The van der Waals surface area contributed by atoms with Gasteiger partial charge in [-0.3, -0.25) is 0 Å². The van der Waals surface area contributed by atoms with Gasteiger partial charge in [0.1, 0.15) is 11.6 Å². The van der Waals surface area contributed by atoms with E-state index in [-0.39, 0.29) is 0 Å². The summed E-state index contributed by atoms with van der Waals surface area (Å²) in [5.41, 5.74) is 3.80. The molecule has 2 aromatic carbocycles. The average molecular weight is 399 g/mol. The molecular formula is C19H19BrN4O. The number of benzene rings is 2. The molecule has 2 N–H and O–H groups in total. The fraction of sp³-hybridized carbons (Fsp3) is 0.158. The van der Waals surface area contributed by atoms with Crippen LogP contribution in [0.1, 0.15) is 11.3 Å². The van der Waals surface area contributed by atoms with E-state index < -0.39 is 0 Å². The predicted octanol–water partition coefficient (Wildman–Crippen LogP) is 5.35. The summed E-state index contributed by atoms with van der Waals surface area (Å²) < 4.78 is 6.42. The van der Waals surface area contributed by atoms with Crippen molar-refractivity contribution >= 4 is 39.1 Å². The maximum Gasteiger partial charge on any atom is 0.229 e. The molecule has 25 heavy (non-hydrogen) atoms. The van der Waals surface area contributed by atoms with Crippen molar-refractivity contribution in [1.82, 2.24) is 9.97 Å². The molecule has 6 heteroatoms. The van der Waals surface area contributed by atoms with Crippen molar-refractivity contribution < 1.29 is 4.74 Å². The smallest absolute Gasteiger partial charge is 0.229 e. The molecular weight excluding hydrogens is 380 g/mol. The number of rotatable bonds is 5. The molecule has 0 bridgehead atoms. The molecule has 0 radical (unpaired) electrons. The standard InChI is InChI=1S/C19H19BrN4O/c1-12-10-14(20)8-9-15(12)23-19-21-13(2)11-18(24-19)22-16-6-4-5-7-17(16)25-3/h4-11H,1-3H3,(H2,21,22,23,24). The molecule has 0 aliphatic carbocycles. The normalized spacial score (nSPS) is 10.4. The van der Waals surface area contributed by atoms with E-state index in [0.717, 1.165) is 32.9 Å². The Bertz CT molecular complexity index is 898. The summed E-state index contributed by atoms with van der Waals surface area (Å²) in [6, 6.07) is 15.7. The molecule has 0 saturated carbocycles. The number of nitrogens with zero attached hydrogens (tertiary/aromatic N) is 2. The first-order valence-corrected chi connectivity index (χ1v) is 8.63. The Labute approximate surface area is 155 Å². The molecule has 0 fully saturated rings. The fourth-order valence-electron chi connectivity index (χ4n) is 2.46. The van der Waals surface area contributed by atoms with Crippen LogP contribution in [0, 0.1) is 13.8 Å². The highest BCUT2D eigenvalue weighted by atomic mass is 79.9. The first-order valence-electron chi connectivity index (χ1n) is 7.84. The monoisotopic (exact) mass is 398 g/mol. The number of ether oxygens (including phenoxy) is 1. The summed E-state index contributed by atoms with van der Waals surface area (Å²) in [6.45, 7) is 3.98. The van der Waals surface area contributed by atoms with E-state index in [1.165, 1.54) is 0 Å². The zero-order valence-electron chi connectivity index (χ0n) is 14.3. The van der Waals surface area contributed by atoms with E-state index in [4.69, 9.17) is 4.74 Å². The van der Waals surface area contributed by atoms with Crippen molar-refractivity contribution in [2.24, 2.45) is 0 Å². The molecule has 128 valence electrons. The fourth-order valence-corrected chi connectivity index (χ4v) is 2.94. The number of halogens is 1. The molecule has 0 saturated heterocycles. The lowest BCUT2D eigenvalue weighted by atomic mass is 10.2. The van der Waals surface area contributed by atoms with Crippen molar-refractivity contribution in [3.8, 4) is 5.75 Å². The lowest BCUT2D eigenvalue weighted by molar-refractivity contribution is 0.417. The SMILES string of the molecule is COc1ccccc1Nc1cc(C)nc(Nc2ccc(Br)cc2C)n1. The van der Waals surface area contributed by atoms with Crippen LogP contribution in [0.2, 0.25) is 0 Å². The molecule has 0 amide bonds. The maximum absolute atomic E-state index is 5.37. The number of aromatic nitrogens is 2. The summed E-state index contributed by atoms with van der Waals surface area (Å²) in [5.74, 6) is 2.01. The van der Waals surface area contributed by atoms with E-state index in [9.17, 15) is 0 Å². The maximum atomic E-state index is 5.37. The number of hydrogen-bond acceptors (Lipinski definition) is 5. The van der Waals surface area contributed by atoms with Gasteiger partial charge in [0, 0.05) is 21.9 Å². The molecule has 1 aromatic heterocycles. The van der Waals surface area contributed by atoms with Crippen LogP contribution in [0.25, 0.3) is 0 Å². The highest BCUT2D eigenvalue weighted by Crippen LogP contribution is 2.27. The number of nitrogens with one attached hydrogen (secondary N) is 2. The van der Waals surface area contributed by atoms with Gasteiger partial charge >= 0.3 is 0 Å². The van der Waals surface area contributed by atoms with Crippen LogP contribution in [-0.4, -0.2) is 17.1 Å². The minimum Gasteiger partial charge on any atom is -0.495 e. The Morgan fingerprint density at radius 1 is 0.920 bits per heavy atom. The van der Waals surface area contributed by atoms with Crippen LogP contribution in [-0.2, 0) is 0 Å². The molecule has 3 rings (SSSR count). The van der Waals surface area contributed by atoms with E-state index in [1.54, 1.807) is 7.11 Å². The van der Waals surface area contributed by atoms with Gasteiger partial charge in [0.25, 0.3) is 0 Å². The second-order valence-corrected chi connectivity index (χ2v) is 6.54. The van der Waals surface area contributed by atoms with Gasteiger partial charge in [0.05, 0.1) is 12.8 Å². The third kappa shape index (κ3) is 4.28. The van der Waals surface area contributed by atoms with Crippen molar-refractivity contribution in [2.45, 2.75) is 13.8 Å². The molecule has 1 heterocycles. The molecule has 0 spiro atoms. The van der Waals surface area contributed by atoms with E-state index >= 15 is 0 Å². The summed E-state index contributed by atoms with van der Waals surface area (Å²) in [6.07, 6.45) is 0. The lowest BCUT2D eigenvalue weighted by Crippen LogP contribution is -2.03. The third-order valence-corrected chi connectivity index (χ3v) is 4.15. The molecule has 0 aliphatic rings. The molecule has 0 unspecified atom stereocenters. The molecule has 3 aromatic rings. The Balaban J connectivity index is 1.87. The first-order chi connectivity index (χ1) is 12.0. The van der Waals surface area contributed by atoms with Crippen LogP contribution in [0.15, 0.2) is 53.0 Å². The Morgan fingerprint density at radius 3 is 2.48 bits per heavy atom. The number of hydrogen-bond donors (Lipinski definition) is 2. The van der Waals surface area contributed by atoms with Crippen LogP contribution in [0.5, 0.6) is 5.75 Å². The number of para-hydroxylation sites is 2. The van der Waals surface area contributed by atoms with Gasteiger partial charge in [0.2, 0.25) is 5.95 Å². The summed E-state index contributed by atoms with van der Waals surface area (Å²) in [5, 5.41) is 6.57. The quantitative estimate of drug-likeness (QED) is 0.606. The van der Waals surface area contributed by atoms with E-state index in [2.05, 4.69) is 36.5 Å². The minimum atomic E-state index is 0.544. The van der Waals surface area contributed by atoms with Crippen LogP contribution < -0.4 is 15.4 Å². The second-order valence-electron chi connectivity index (χ2n) is 5.63. The lowest BCUT2D eigenvalue weighted by Gasteiger charge is -2.13. The summed E-state index contributed by atoms with van der Waals surface area (Å²) in [4.78, 5) is 9.03. The van der Waals surface area contributed by atoms with Gasteiger partial charge in [-0.25, -0.2) is 4.98 Å². The van der Waals surface area contributed by atoms with Crippen molar-refractivity contribution in [2.75, 3.05) is 17.7 Å². The predicted molar refractivity (Wildman–Crippen MR) is 105 cm³/mol. The van der Waals surface area contributed by atoms with Crippen LogP contribution in [0.4, 0.5) is 23.1 Å². The Kier molecular flexibility index (Phi) is 5.19. The largest absolute Gasteiger partial charge is 0.495 e. The van der Waals surface area contributed by atoms with Gasteiger partial charge in [-0.1, -0.05) is 28.1 Å². The van der Waals surface area contributed by atoms with Gasteiger partial charge in [-0.05, 0) is 49.7 Å². The molecule has 5 nitrogen and oxygen atoms in total. The van der Waals surface area contributed by atoms with E-state index in [1.807, 2.05) is 62.4 Å². The Morgan fingerprint density at radius 2 is 1.72 bits per heavy atom. The van der Waals surface area contributed by atoms with Gasteiger partial charge in [-0.2, -0.15) is 4.98 Å². The molecule has 0 aliphatic heterocycles. The highest BCUT2D eigenvalue weighted by molar-refractivity contribution is 9.10. The van der Waals surface area contributed by atoms with Crippen molar-refractivity contribution in [3.05, 3.63) is 64.3 Å². The molecule has 0 atom stereocenters. The average Bonchev–Trinajstić information content (AvgIpc) is 2.57. The second kappa shape index (κ2) is 7.53. The summed E-state index contributed by atoms with van der Waals surface area (Å²) in [7, 11) is 1.65. The first kappa shape index (κ1) is 17.2. The van der Waals surface area contributed by atoms with Crippen LogP contribution >= 0.6 is 15.9 Å². The zero-order chi connectivity index (χ0) is 17.8. The van der Waals surface area contributed by atoms with Gasteiger partial charge in [0.15, 0.2) is 0 Å². The van der Waals surface area contributed by atoms with Gasteiger partial charge in [-0.15, -0.1) is 0 Å². The topological polar surface area (TPSA) is 59.1 Å².